The molecule has 2 rings (SSSR count). The normalized spacial score (nSPS) is 16.4. The predicted molar refractivity (Wildman–Crippen MR) is 72.8 cm³/mol. The number of aliphatic carboxylic acids is 1. The number of piperazine rings is 1. The van der Waals surface area contributed by atoms with Crippen LogP contribution in [-0.4, -0.2) is 53.7 Å². The Morgan fingerprint density at radius 3 is 2.43 bits per heavy atom. The third kappa shape index (κ3) is 4.47. The standard InChI is InChI=1S/C12H14F3N3O2.ClH/c13-12(14,15)9-2-1-3-16-11(9)18-6-4-17(5-7-18)8-10(19)20;/h1-3H,4-8H2,(H,19,20);1H. The Labute approximate surface area is 125 Å². The van der Waals surface area contributed by atoms with Gasteiger partial charge in [0.25, 0.3) is 0 Å². The molecular weight excluding hydrogens is 311 g/mol. The highest BCUT2D eigenvalue weighted by Crippen LogP contribution is 2.35. The Kier molecular flexibility index (Phi) is 5.79. The summed E-state index contributed by atoms with van der Waals surface area (Å²) in [6, 6.07) is 2.26. The molecule has 0 spiro atoms. The van der Waals surface area contributed by atoms with Gasteiger partial charge in [-0.2, -0.15) is 13.2 Å². The summed E-state index contributed by atoms with van der Waals surface area (Å²) in [6.45, 7) is 1.36. The monoisotopic (exact) mass is 325 g/mol. The van der Waals surface area contributed by atoms with Crippen molar-refractivity contribution in [2.24, 2.45) is 0 Å². The van der Waals surface area contributed by atoms with E-state index in [1.807, 2.05) is 0 Å². The van der Waals surface area contributed by atoms with E-state index in [1.165, 1.54) is 12.3 Å². The molecule has 1 N–H and O–H groups in total. The highest BCUT2D eigenvalue weighted by Gasteiger charge is 2.36. The maximum Gasteiger partial charge on any atom is 0.419 e. The first-order valence-corrected chi connectivity index (χ1v) is 6.09. The first kappa shape index (κ1) is 17.5. The maximum atomic E-state index is 12.9. The Morgan fingerprint density at radius 1 is 1.29 bits per heavy atom. The molecule has 0 aromatic carbocycles. The molecule has 1 aromatic heterocycles. The number of halogens is 4. The Balaban J connectivity index is 0.00000220. The van der Waals surface area contributed by atoms with Crippen molar-refractivity contribution in [2.75, 3.05) is 37.6 Å². The van der Waals surface area contributed by atoms with Crippen LogP contribution < -0.4 is 4.90 Å². The molecule has 0 radical (unpaired) electrons. The number of pyridine rings is 1. The topological polar surface area (TPSA) is 56.7 Å². The molecule has 21 heavy (non-hydrogen) atoms. The van der Waals surface area contributed by atoms with E-state index in [1.54, 1.807) is 9.80 Å². The predicted octanol–water partition coefficient (Wildman–Crippen LogP) is 1.73. The van der Waals surface area contributed by atoms with Crippen LogP contribution in [0.25, 0.3) is 0 Å². The zero-order valence-electron chi connectivity index (χ0n) is 11.0. The minimum atomic E-state index is -4.44. The largest absolute Gasteiger partial charge is 0.480 e. The lowest BCUT2D eigenvalue weighted by Gasteiger charge is -2.35. The van der Waals surface area contributed by atoms with E-state index in [-0.39, 0.29) is 24.8 Å². The summed E-state index contributed by atoms with van der Waals surface area (Å²) in [6.07, 6.45) is -3.12. The van der Waals surface area contributed by atoms with Gasteiger partial charge in [0, 0.05) is 32.4 Å². The number of carboxylic acids is 1. The van der Waals surface area contributed by atoms with Crippen molar-refractivity contribution in [3.8, 4) is 0 Å². The van der Waals surface area contributed by atoms with Crippen LogP contribution in [0.3, 0.4) is 0 Å². The van der Waals surface area contributed by atoms with Gasteiger partial charge in [-0.1, -0.05) is 0 Å². The zero-order valence-corrected chi connectivity index (χ0v) is 11.8. The molecule has 0 atom stereocenters. The Morgan fingerprint density at radius 2 is 1.90 bits per heavy atom. The van der Waals surface area contributed by atoms with Crippen molar-refractivity contribution < 1.29 is 23.1 Å². The number of rotatable bonds is 3. The summed E-state index contributed by atoms with van der Waals surface area (Å²) >= 11 is 0. The highest BCUT2D eigenvalue weighted by atomic mass is 35.5. The van der Waals surface area contributed by atoms with Crippen LogP contribution >= 0.6 is 12.4 Å². The van der Waals surface area contributed by atoms with Crippen LogP contribution in [-0.2, 0) is 11.0 Å². The number of carboxylic acid groups (broad SMARTS) is 1. The highest BCUT2D eigenvalue weighted by molar-refractivity contribution is 5.85. The maximum absolute atomic E-state index is 12.9. The third-order valence-electron chi connectivity index (χ3n) is 3.12. The van der Waals surface area contributed by atoms with Gasteiger partial charge in [0.2, 0.25) is 0 Å². The number of nitrogens with zero attached hydrogens (tertiary/aromatic N) is 3. The lowest BCUT2D eigenvalue weighted by molar-refractivity contribution is -0.138. The minimum Gasteiger partial charge on any atom is -0.480 e. The van der Waals surface area contributed by atoms with Gasteiger partial charge in [0.1, 0.15) is 5.82 Å². The number of hydrogen-bond donors (Lipinski definition) is 1. The molecule has 1 saturated heterocycles. The van der Waals surface area contributed by atoms with Crippen molar-refractivity contribution in [3.63, 3.8) is 0 Å². The van der Waals surface area contributed by atoms with Crippen LogP contribution in [0.2, 0.25) is 0 Å². The number of aromatic nitrogens is 1. The van der Waals surface area contributed by atoms with Crippen LogP contribution in [0, 0.1) is 0 Å². The number of alkyl halides is 3. The molecule has 118 valence electrons. The molecule has 0 aliphatic carbocycles. The van der Waals surface area contributed by atoms with Crippen LogP contribution in [0.4, 0.5) is 19.0 Å². The van der Waals surface area contributed by atoms with Gasteiger partial charge in [0.05, 0.1) is 12.1 Å². The van der Waals surface area contributed by atoms with Gasteiger partial charge in [-0.05, 0) is 12.1 Å². The van der Waals surface area contributed by atoms with Gasteiger partial charge in [0.15, 0.2) is 0 Å². The van der Waals surface area contributed by atoms with Crippen LogP contribution in [0.15, 0.2) is 18.3 Å². The van der Waals surface area contributed by atoms with E-state index in [0.717, 1.165) is 6.07 Å². The van der Waals surface area contributed by atoms with Crippen molar-refractivity contribution in [2.45, 2.75) is 6.18 Å². The van der Waals surface area contributed by atoms with Crippen molar-refractivity contribution in [1.82, 2.24) is 9.88 Å². The van der Waals surface area contributed by atoms with Crippen molar-refractivity contribution in [1.29, 1.82) is 0 Å². The first-order chi connectivity index (χ1) is 9.38. The molecule has 1 fully saturated rings. The number of hydrogen-bond acceptors (Lipinski definition) is 4. The second kappa shape index (κ2) is 6.95. The van der Waals surface area contributed by atoms with Crippen molar-refractivity contribution in [3.05, 3.63) is 23.9 Å². The van der Waals surface area contributed by atoms with E-state index in [9.17, 15) is 18.0 Å². The van der Waals surface area contributed by atoms with Gasteiger partial charge in [-0.3, -0.25) is 9.69 Å². The molecule has 0 unspecified atom stereocenters. The number of anilines is 1. The van der Waals surface area contributed by atoms with Gasteiger partial charge in [-0.25, -0.2) is 4.98 Å². The molecular formula is C12H15ClF3N3O2. The summed E-state index contributed by atoms with van der Waals surface area (Å²) < 4.78 is 38.7. The molecule has 2 heterocycles. The second-order valence-electron chi connectivity index (χ2n) is 4.53. The van der Waals surface area contributed by atoms with Crippen LogP contribution in [0.5, 0.6) is 0 Å². The van der Waals surface area contributed by atoms with E-state index in [2.05, 4.69) is 4.98 Å². The third-order valence-corrected chi connectivity index (χ3v) is 3.12. The van der Waals surface area contributed by atoms with Crippen molar-refractivity contribution >= 4 is 24.2 Å². The molecule has 0 amide bonds. The van der Waals surface area contributed by atoms with E-state index >= 15 is 0 Å². The van der Waals surface area contributed by atoms with Gasteiger partial charge >= 0.3 is 12.1 Å². The molecule has 1 aliphatic heterocycles. The van der Waals surface area contributed by atoms with E-state index in [0.29, 0.717) is 26.2 Å². The average Bonchev–Trinajstić information content (AvgIpc) is 2.38. The van der Waals surface area contributed by atoms with Gasteiger partial charge in [-0.15, -0.1) is 12.4 Å². The molecule has 9 heteroatoms. The summed E-state index contributed by atoms with van der Waals surface area (Å²) in [5.41, 5.74) is -0.758. The molecule has 1 aliphatic rings. The smallest absolute Gasteiger partial charge is 0.419 e. The molecule has 1 aromatic rings. The fourth-order valence-electron chi connectivity index (χ4n) is 2.18. The fourth-order valence-corrected chi connectivity index (χ4v) is 2.18. The molecule has 5 nitrogen and oxygen atoms in total. The Bertz CT molecular complexity index is 491. The summed E-state index contributed by atoms with van der Waals surface area (Å²) in [5.74, 6) is -1.03. The second-order valence-corrected chi connectivity index (χ2v) is 4.53. The quantitative estimate of drug-likeness (QED) is 0.917. The SMILES string of the molecule is Cl.O=C(O)CN1CCN(c2ncccc2C(F)(F)F)CC1. The fraction of sp³-hybridized carbons (Fsp3) is 0.500. The zero-order chi connectivity index (χ0) is 14.8. The Hall–Kier alpha value is -1.54. The molecule has 0 bridgehead atoms. The minimum absolute atomic E-state index is 0. The van der Waals surface area contributed by atoms with Gasteiger partial charge < -0.3 is 10.0 Å². The lowest BCUT2D eigenvalue weighted by atomic mass is 10.2. The lowest BCUT2D eigenvalue weighted by Crippen LogP contribution is -2.48. The summed E-state index contributed by atoms with van der Waals surface area (Å²) in [4.78, 5) is 17.6. The van der Waals surface area contributed by atoms with E-state index < -0.39 is 17.7 Å². The molecule has 0 saturated carbocycles. The summed E-state index contributed by atoms with van der Waals surface area (Å²) in [5, 5.41) is 8.68. The number of carbonyl (C=O) groups is 1. The van der Waals surface area contributed by atoms with Crippen LogP contribution in [0.1, 0.15) is 5.56 Å². The summed E-state index contributed by atoms with van der Waals surface area (Å²) in [7, 11) is 0. The van der Waals surface area contributed by atoms with E-state index in [4.69, 9.17) is 5.11 Å². The first-order valence-electron chi connectivity index (χ1n) is 6.09. The average molecular weight is 326 g/mol.